The van der Waals surface area contributed by atoms with Gasteiger partial charge in [0.05, 0.1) is 0 Å². The highest BCUT2D eigenvalue weighted by Gasteiger charge is 2.69. The number of hydrogen-bond donors (Lipinski definition) is 1. The molecule has 0 saturated heterocycles. The lowest BCUT2D eigenvalue weighted by Crippen LogP contribution is -2.63. The maximum absolute atomic E-state index is 13.1. The van der Waals surface area contributed by atoms with Crippen LogP contribution >= 0.6 is 0 Å². The highest BCUT2D eigenvalue weighted by molar-refractivity contribution is 6.01. The molecule has 0 heterocycles. The van der Waals surface area contributed by atoms with Gasteiger partial charge in [-0.1, -0.05) is 32.4 Å². The number of hydrogen-bond acceptors (Lipinski definition) is 7. The first kappa shape index (κ1) is 23.9. The second-order valence-corrected chi connectivity index (χ2v) is 10.9. The molecule has 3 saturated carbocycles. The van der Waals surface area contributed by atoms with E-state index in [9.17, 15) is 24.3 Å². The molecule has 1 N–H and O–H groups in total. The van der Waals surface area contributed by atoms with Crippen LogP contribution in [0.4, 0.5) is 0 Å². The summed E-state index contributed by atoms with van der Waals surface area (Å²) in [5, 5.41) is 11.7. The van der Waals surface area contributed by atoms with Gasteiger partial charge in [0.25, 0.3) is 0 Å². The molecule has 0 unspecified atom stereocenters. The van der Waals surface area contributed by atoms with Gasteiger partial charge < -0.3 is 14.6 Å². The molecule has 8 atom stereocenters. The molecule has 0 bridgehead atoms. The van der Waals surface area contributed by atoms with Crippen molar-refractivity contribution in [2.75, 3.05) is 6.61 Å². The van der Waals surface area contributed by atoms with Crippen molar-refractivity contribution < 1.29 is 33.8 Å². The fourth-order valence-electron chi connectivity index (χ4n) is 7.79. The van der Waals surface area contributed by atoms with Crippen LogP contribution in [-0.4, -0.2) is 46.9 Å². The van der Waals surface area contributed by atoms with Crippen LogP contribution in [-0.2, 0) is 28.7 Å². The summed E-state index contributed by atoms with van der Waals surface area (Å²) in [6.07, 6.45) is 6.85. The molecule has 0 aromatic carbocycles. The van der Waals surface area contributed by atoms with E-state index in [1.807, 2.05) is 13.0 Å². The molecule has 7 nitrogen and oxygen atoms in total. The van der Waals surface area contributed by atoms with Crippen molar-refractivity contribution in [2.24, 2.45) is 34.5 Å². The minimum atomic E-state index is -1.66. The Kier molecular flexibility index (Phi) is 5.71. The normalized spacial score (nSPS) is 43.6. The lowest BCUT2D eigenvalue weighted by atomic mass is 9.44. The number of ketones is 2. The number of fused-ring (bicyclic) bond motifs is 5. The summed E-state index contributed by atoms with van der Waals surface area (Å²) < 4.78 is 10.8. The summed E-state index contributed by atoms with van der Waals surface area (Å²) in [4.78, 5) is 48.7. The minimum absolute atomic E-state index is 0.0243. The van der Waals surface area contributed by atoms with Crippen LogP contribution in [0.2, 0.25) is 0 Å². The number of carbonyl (C=O) groups is 4. The molecule has 4 rings (SSSR count). The van der Waals surface area contributed by atoms with Crippen molar-refractivity contribution in [2.45, 2.75) is 72.0 Å². The lowest BCUT2D eigenvalue weighted by molar-refractivity contribution is -0.194. The summed E-state index contributed by atoms with van der Waals surface area (Å²) in [7, 11) is 0. The first-order chi connectivity index (χ1) is 15.3. The molecule has 0 aromatic heterocycles. The average molecular weight is 459 g/mol. The van der Waals surface area contributed by atoms with Crippen molar-refractivity contribution >= 4 is 23.5 Å². The third-order valence-corrected chi connectivity index (χ3v) is 9.13. The van der Waals surface area contributed by atoms with Crippen molar-refractivity contribution in [1.82, 2.24) is 0 Å². The van der Waals surface area contributed by atoms with Crippen LogP contribution < -0.4 is 0 Å². The molecule has 180 valence electrons. The summed E-state index contributed by atoms with van der Waals surface area (Å²) in [6, 6.07) is 0. The first-order valence-corrected chi connectivity index (χ1v) is 11.8. The number of allylic oxidation sites excluding steroid dienone is 4. The zero-order valence-electron chi connectivity index (χ0n) is 20.1. The number of ether oxygens (including phenoxy) is 2. The van der Waals surface area contributed by atoms with E-state index in [4.69, 9.17) is 9.47 Å². The van der Waals surface area contributed by atoms with Gasteiger partial charge in [0, 0.05) is 30.6 Å². The van der Waals surface area contributed by atoms with Gasteiger partial charge in [-0.2, -0.15) is 0 Å². The summed E-state index contributed by atoms with van der Waals surface area (Å²) in [5.74, 6) is -1.28. The van der Waals surface area contributed by atoms with E-state index in [2.05, 4.69) is 13.8 Å². The van der Waals surface area contributed by atoms with Crippen LogP contribution in [0.15, 0.2) is 23.8 Å². The maximum Gasteiger partial charge on any atom is 0.303 e. The number of esters is 2. The van der Waals surface area contributed by atoms with Gasteiger partial charge in [-0.15, -0.1) is 0 Å². The van der Waals surface area contributed by atoms with Gasteiger partial charge in [0.1, 0.15) is 11.7 Å². The zero-order valence-corrected chi connectivity index (χ0v) is 20.1. The van der Waals surface area contributed by atoms with Gasteiger partial charge in [-0.25, -0.2) is 0 Å². The van der Waals surface area contributed by atoms with Gasteiger partial charge in [-0.05, 0) is 55.6 Å². The van der Waals surface area contributed by atoms with Gasteiger partial charge in [-0.3, -0.25) is 19.2 Å². The highest BCUT2D eigenvalue weighted by atomic mass is 16.5. The largest absolute Gasteiger partial charge is 0.462 e. The molecule has 0 amide bonds. The molecular formula is C26H34O7. The second-order valence-electron chi connectivity index (χ2n) is 10.9. The molecule has 4 aliphatic rings. The van der Waals surface area contributed by atoms with Crippen LogP contribution in [0.3, 0.4) is 0 Å². The molecule has 3 fully saturated rings. The Morgan fingerprint density at radius 2 is 1.88 bits per heavy atom. The lowest BCUT2D eigenvalue weighted by Gasteiger charge is -2.61. The van der Waals surface area contributed by atoms with Gasteiger partial charge >= 0.3 is 11.9 Å². The van der Waals surface area contributed by atoms with Crippen molar-refractivity contribution in [3.8, 4) is 0 Å². The topological polar surface area (TPSA) is 107 Å². The fraction of sp³-hybridized carbons (Fsp3) is 0.692. The Hall–Kier alpha value is -2.28. The maximum atomic E-state index is 13.1. The molecule has 33 heavy (non-hydrogen) atoms. The predicted molar refractivity (Wildman–Crippen MR) is 119 cm³/mol. The molecule has 0 spiro atoms. The Labute approximate surface area is 194 Å². The molecule has 0 aromatic rings. The third-order valence-electron chi connectivity index (χ3n) is 9.13. The monoisotopic (exact) mass is 458 g/mol. The van der Waals surface area contributed by atoms with Crippen LogP contribution in [0, 0.1) is 34.5 Å². The fourth-order valence-corrected chi connectivity index (χ4v) is 7.79. The van der Waals surface area contributed by atoms with Gasteiger partial charge in [0.15, 0.2) is 12.4 Å². The minimum Gasteiger partial charge on any atom is -0.462 e. The first-order valence-electron chi connectivity index (χ1n) is 11.8. The van der Waals surface area contributed by atoms with Crippen LogP contribution in [0.1, 0.15) is 60.3 Å². The van der Waals surface area contributed by atoms with Crippen molar-refractivity contribution in [1.29, 1.82) is 0 Å². The van der Waals surface area contributed by atoms with Crippen LogP contribution in [0.25, 0.3) is 0 Å². The molecule has 4 aliphatic carbocycles. The number of rotatable bonds is 4. The predicted octanol–water partition coefficient (Wildman–Crippen LogP) is 2.95. The Balaban J connectivity index is 1.77. The van der Waals surface area contributed by atoms with E-state index in [0.29, 0.717) is 12.8 Å². The molecule has 0 aliphatic heterocycles. The Bertz CT molecular complexity index is 964. The number of Topliss-reactive ketones (excluding diaryl/α,β-unsaturated/α-hetero) is 1. The summed E-state index contributed by atoms with van der Waals surface area (Å²) >= 11 is 0. The van der Waals surface area contributed by atoms with E-state index >= 15 is 0 Å². The van der Waals surface area contributed by atoms with E-state index < -0.39 is 46.9 Å². The zero-order chi connectivity index (χ0) is 24.3. The van der Waals surface area contributed by atoms with Crippen LogP contribution in [0.5, 0.6) is 0 Å². The molecule has 7 heteroatoms. The quantitative estimate of drug-likeness (QED) is 0.646. The van der Waals surface area contributed by atoms with E-state index in [-0.39, 0.29) is 35.9 Å². The SMILES string of the molecule is CC(=O)OCC(=O)[C@@]1(O)CC[C@H]2[C@@H]3C[C@H](C)C4=CC(=O)C=C[C@]4(C)[C@H]3[C@@H](OC(C)=O)C[C@@]21C. The third kappa shape index (κ3) is 3.50. The van der Waals surface area contributed by atoms with E-state index in [1.165, 1.54) is 13.8 Å². The molecular weight excluding hydrogens is 424 g/mol. The number of carbonyl (C=O) groups excluding carboxylic acids is 4. The second kappa shape index (κ2) is 7.90. The summed E-state index contributed by atoms with van der Waals surface area (Å²) in [5.41, 5.74) is -1.86. The van der Waals surface area contributed by atoms with E-state index in [1.54, 1.807) is 12.2 Å². The van der Waals surface area contributed by atoms with Gasteiger partial charge in [0.2, 0.25) is 5.78 Å². The Morgan fingerprint density at radius 3 is 2.52 bits per heavy atom. The number of aliphatic hydroxyl groups is 1. The standard InChI is InChI=1S/C26H34O7/c1-14-10-18-19-7-9-26(31,22(30)13-32-15(2)27)25(19,5)12-21(33-16(3)28)23(18)24(4)8-6-17(29)11-20(14)24/h6,8,11,14,18-19,21,23,31H,7,9-10,12-13H2,1-5H3/t14-,18-,19-,21-,23+,24-,25-,26-/m0/s1. The smallest absolute Gasteiger partial charge is 0.303 e. The highest BCUT2D eigenvalue weighted by Crippen LogP contribution is 2.68. The molecule has 0 radical (unpaired) electrons. The summed E-state index contributed by atoms with van der Waals surface area (Å²) in [6.45, 7) is 8.29. The Morgan fingerprint density at radius 1 is 1.18 bits per heavy atom. The van der Waals surface area contributed by atoms with Crippen molar-refractivity contribution in [3.05, 3.63) is 23.8 Å². The average Bonchev–Trinajstić information content (AvgIpc) is 2.98. The van der Waals surface area contributed by atoms with Crippen molar-refractivity contribution in [3.63, 3.8) is 0 Å². The van der Waals surface area contributed by atoms with E-state index in [0.717, 1.165) is 12.0 Å².